The number of carbonyl (C=O) groups is 1. The van der Waals surface area contributed by atoms with Gasteiger partial charge in [-0.15, -0.1) is 0 Å². The first-order valence-corrected chi connectivity index (χ1v) is 8.92. The summed E-state index contributed by atoms with van der Waals surface area (Å²) in [7, 11) is 0. The first-order valence-electron chi connectivity index (χ1n) is 8.92. The van der Waals surface area contributed by atoms with Crippen LogP contribution in [0.5, 0.6) is 0 Å². The van der Waals surface area contributed by atoms with Crippen molar-refractivity contribution < 1.29 is 9.90 Å². The molecule has 0 aromatic heterocycles. The number of carbonyl (C=O) groups excluding carboxylic acids is 1. The molecular formula is C21H26N2O2. The molecule has 2 aromatic rings. The molecule has 2 N–H and O–H groups in total. The van der Waals surface area contributed by atoms with Crippen LogP contribution in [-0.2, 0) is 0 Å². The van der Waals surface area contributed by atoms with Crippen LogP contribution in [0.2, 0.25) is 0 Å². The summed E-state index contributed by atoms with van der Waals surface area (Å²) in [5.41, 5.74) is 4.74. The minimum absolute atomic E-state index is 0.0739. The fraction of sp³-hybridized carbons (Fsp3) is 0.381. The van der Waals surface area contributed by atoms with Crippen molar-refractivity contribution in [3.8, 4) is 0 Å². The van der Waals surface area contributed by atoms with Crippen LogP contribution in [-0.4, -0.2) is 30.7 Å². The maximum atomic E-state index is 12.7. The van der Waals surface area contributed by atoms with E-state index in [1.165, 1.54) is 0 Å². The Kier molecular flexibility index (Phi) is 5.39. The molecule has 1 amide bonds. The normalized spacial score (nSPS) is 15.2. The van der Waals surface area contributed by atoms with Crippen LogP contribution >= 0.6 is 0 Å². The number of anilines is 2. The third kappa shape index (κ3) is 4.02. The molecule has 1 saturated heterocycles. The minimum atomic E-state index is -0.0739. The number of nitrogens with zero attached hydrogens (tertiary/aromatic N) is 1. The van der Waals surface area contributed by atoms with E-state index in [-0.39, 0.29) is 12.5 Å². The molecular weight excluding hydrogens is 312 g/mol. The summed E-state index contributed by atoms with van der Waals surface area (Å²) in [4.78, 5) is 15.0. The summed E-state index contributed by atoms with van der Waals surface area (Å²) in [6.07, 6.45) is 1.96. The van der Waals surface area contributed by atoms with Gasteiger partial charge in [-0.3, -0.25) is 4.79 Å². The molecule has 4 heteroatoms. The summed E-state index contributed by atoms with van der Waals surface area (Å²) in [5.74, 6) is 0.323. The van der Waals surface area contributed by atoms with Gasteiger partial charge in [0.05, 0.1) is 11.4 Å². The third-order valence-corrected chi connectivity index (χ3v) is 4.99. The Bertz CT molecular complexity index is 749. The van der Waals surface area contributed by atoms with Gasteiger partial charge in [-0.05, 0) is 56.4 Å². The van der Waals surface area contributed by atoms with Gasteiger partial charge in [0.1, 0.15) is 0 Å². The van der Waals surface area contributed by atoms with Crippen molar-refractivity contribution in [2.24, 2.45) is 5.92 Å². The van der Waals surface area contributed by atoms with E-state index in [9.17, 15) is 9.90 Å². The molecule has 2 aromatic carbocycles. The summed E-state index contributed by atoms with van der Waals surface area (Å²) < 4.78 is 0. The Morgan fingerprint density at radius 1 is 1.16 bits per heavy atom. The van der Waals surface area contributed by atoms with E-state index in [0.29, 0.717) is 11.5 Å². The monoisotopic (exact) mass is 338 g/mol. The van der Waals surface area contributed by atoms with E-state index in [1.54, 1.807) is 0 Å². The molecule has 0 unspecified atom stereocenters. The van der Waals surface area contributed by atoms with Crippen molar-refractivity contribution in [3.63, 3.8) is 0 Å². The Labute approximate surface area is 149 Å². The molecule has 1 aliphatic heterocycles. The highest BCUT2D eigenvalue weighted by atomic mass is 16.3. The first kappa shape index (κ1) is 17.5. The molecule has 0 bridgehead atoms. The quantitative estimate of drug-likeness (QED) is 0.892. The number of amides is 1. The highest BCUT2D eigenvalue weighted by Crippen LogP contribution is 2.30. The number of aliphatic hydroxyl groups is 1. The van der Waals surface area contributed by atoms with Crippen LogP contribution in [0.15, 0.2) is 42.5 Å². The van der Waals surface area contributed by atoms with Gasteiger partial charge in [0.25, 0.3) is 5.91 Å². The highest BCUT2D eigenvalue weighted by Gasteiger charge is 2.21. The van der Waals surface area contributed by atoms with Gasteiger partial charge in [-0.25, -0.2) is 0 Å². The van der Waals surface area contributed by atoms with Crippen molar-refractivity contribution in [1.82, 2.24) is 0 Å². The fourth-order valence-corrected chi connectivity index (χ4v) is 3.47. The molecule has 3 rings (SSSR count). The third-order valence-electron chi connectivity index (χ3n) is 4.99. The van der Waals surface area contributed by atoms with Gasteiger partial charge in [-0.2, -0.15) is 0 Å². The van der Waals surface area contributed by atoms with Crippen molar-refractivity contribution in [3.05, 3.63) is 59.2 Å². The highest BCUT2D eigenvalue weighted by molar-refractivity contribution is 6.06. The number of nitrogens with one attached hydrogen (secondary N) is 1. The van der Waals surface area contributed by atoms with Gasteiger partial charge in [0, 0.05) is 25.3 Å². The molecule has 1 aliphatic rings. The second kappa shape index (κ2) is 7.70. The molecule has 132 valence electrons. The first-order chi connectivity index (χ1) is 12.1. The number of rotatable bonds is 4. The van der Waals surface area contributed by atoms with Gasteiger partial charge in [0.2, 0.25) is 0 Å². The van der Waals surface area contributed by atoms with Crippen LogP contribution in [0.3, 0.4) is 0 Å². The van der Waals surface area contributed by atoms with Crippen LogP contribution in [0, 0.1) is 19.8 Å². The predicted octanol–water partition coefficient (Wildman–Crippen LogP) is 3.76. The van der Waals surface area contributed by atoms with E-state index in [1.807, 2.05) is 50.2 Å². The summed E-state index contributed by atoms with van der Waals surface area (Å²) >= 11 is 0. The standard InChI is InChI=1S/C21H26N2O2/c1-15-7-8-18(16(2)13-15)21(25)22-19-5-3-4-6-20(19)23-11-9-17(14-24)10-12-23/h3-8,13,17,24H,9-12,14H2,1-2H3,(H,22,25). The number of benzene rings is 2. The summed E-state index contributed by atoms with van der Waals surface area (Å²) in [5, 5.41) is 12.4. The lowest BCUT2D eigenvalue weighted by atomic mass is 9.97. The molecule has 25 heavy (non-hydrogen) atoms. The maximum Gasteiger partial charge on any atom is 0.255 e. The topological polar surface area (TPSA) is 52.6 Å². The molecule has 0 aliphatic carbocycles. The number of para-hydroxylation sites is 2. The smallest absolute Gasteiger partial charge is 0.255 e. The molecule has 1 heterocycles. The van der Waals surface area contributed by atoms with Gasteiger partial charge < -0.3 is 15.3 Å². The van der Waals surface area contributed by atoms with E-state index < -0.39 is 0 Å². The average molecular weight is 338 g/mol. The van der Waals surface area contributed by atoms with Crippen molar-refractivity contribution in [1.29, 1.82) is 0 Å². The Balaban J connectivity index is 1.78. The minimum Gasteiger partial charge on any atom is -0.396 e. The summed E-state index contributed by atoms with van der Waals surface area (Å²) in [6.45, 7) is 6.07. The Morgan fingerprint density at radius 3 is 2.56 bits per heavy atom. The molecule has 0 spiro atoms. The van der Waals surface area contributed by atoms with E-state index in [2.05, 4.69) is 16.3 Å². The fourth-order valence-electron chi connectivity index (χ4n) is 3.47. The average Bonchev–Trinajstić information content (AvgIpc) is 2.62. The second-order valence-corrected chi connectivity index (χ2v) is 6.90. The Morgan fingerprint density at radius 2 is 1.88 bits per heavy atom. The zero-order chi connectivity index (χ0) is 17.8. The maximum absolute atomic E-state index is 12.7. The van der Waals surface area contributed by atoms with Crippen LogP contribution in [0.25, 0.3) is 0 Å². The van der Waals surface area contributed by atoms with Gasteiger partial charge in [-0.1, -0.05) is 29.8 Å². The zero-order valence-corrected chi connectivity index (χ0v) is 15.0. The van der Waals surface area contributed by atoms with Gasteiger partial charge in [0.15, 0.2) is 0 Å². The number of aryl methyl sites for hydroxylation is 2. The van der Waals surface area contributed by atoms with Crippen molar-refractivity contribution in [2.75, 3.05) is 29.9 Å². The molecule has 0 radical (unpaired) electrons. The molecule has 0 saturated carbocycles. The van der Waals surface area contributed by atoms with E-state index in [4.69, 9.17) is 0 Å². The van der Waals surface area contributed by atoms with Crippen LogP contribution in [0.4, 0.5) is 11.4 Å². The number of hydrogen-bond donors (Lipinski definition) is 2. The van der Waals surface area contributed by atoms with Crippen LogP contribution < -0.4 is 10.2 Å². The summed E-state index contributed by atoms with van der Waals surface area (Å²) in [6, 6.07) is 13.8. The Hall–Kier alpha value is -2.33. The zero-order valence-electron chi connectivity index (χ0n) is 15.0. The number of aliphatic hydroxyl groups excluding tert-OH is 1. The second-order valence-electron chi connectivity index (χ2n) is 6.90. The number of piperidine rings is 1. The largest absolute Gasteiger partial charge is 0.396 e. The number of hydrogen-bond acceptors (Lipinski definition) is 3. The lowest BCUT2D eigenvalue weighted by molar-refractivity contribution is 0.102. The van der Waals surface area contributed by atoms with Crippen molar-refractivity contribution >= 4 is 17.3 Å². The predicted molar refractivity (Wildman–Crippen MR) is 102 cm³/mol. The van der Waals surface area contributed by atoms with E-state index in [0.717, 1.165) is 48.4 Å². The van der Waals surface area contributed by atoms with Crippen LogP contribution in [0.1, 0.15) is 34.3 Å². The molecule has 4 nitrogen and oxygen atoms in total. The molecule has 1 fully saturated rings. The van der Waals surface area contributed by atoms with Gasteiger partial charge >= 0.3 is 0 Å². The van der Waals surface area contributed by atoms with Crippen molar-refractivity contribution in [2.45, 2.75) is 26.7 Å². The SMILES string of the molecule is Cc1ccc(C(=O)Nc2ccccc2N2CCC(CO)CC2)c(C)c1. The van der Waals surface area contributed by atoms with E-state index >= 15 is 0 Å². The lowest BCUT2D eigenvalue weighted by Crippen LogP contribution is -2.35. The molecule has 0 atom stereocenters. The lowest BCUT2D eigenvalue weighted by Gasteiger charge is -2.34.